The Morgan fingerprint density at radius 2 is 2.09 bits per heavy atom. The summed E-state index contributed by atoms with van der Waals surface area (Å²) in [6, 6.07) is 6.40. The molecule has 0 aliphatic carbocycles. The van der Waals surface area contributed by atoms with Gasteiger partial charge in [-0.15, -0.1) is 0 Å². The number of aromatic nitrogens is 1. The first kappa shape index (κ1) is 16.4. The van der Waals surface area contributed by atoms with Crippen LogP contribution in [0.5, 0.6) is 0 Å². The van der Waals surface area contributed by atoms with Crippen molar-refractivity contribution in [1.82, 2.24) is 14.8 Å². The van der Waals surface area contributed by atoms with Crippen molar-refractivity contribution in [3.63, 3.8) is 0 Å². The van der Waals surface area contributed by atoms with Crippen molar-refractivity contribution in [2.24, 2.45) is 0 Å². The zero-order valence-electron chi connectivity index (χ0n) is 14.0. The third-order valence-corrected chi connectivity index (χ3v) is 4.85. The molecule has 2 saturated heterocycles. The molecule has 5 nitrogen and oxygen atoms in total. The molecule has 2 aliphatic heterocycles. The Morgan fingerprint density at radius 1 is 1.26 bits per heavy atom. The van der Waals surface area contributed by atoms with E-state index in [9.17, 15) is 4.79 Å². The Morgan fingerprint density at radius 3 is 2.87 bits per heavy atom. The van der Waals surface area contributed by atoms with Crippen molar-refractivity contribution < 1.29 is 9.53 Å². The maximum absolute atomic E-state index is 12.4. The SMILES string of the molecule is COCCC(=O)N1CCC[C@@H]1c1cccc(CN2CCCC2)n1. The van der Waals surface area contributed by atoms with Gasteiger partial charge in [0, 0.05) is 20.2 Å². The number of ether oxygens (including phenoxy) is 1. The highest BCUT2D eigenvalue weighted by atomic mass is 16.5. The highest BCUT2D eigenvalue weighted by molar-refractivity contribution is 5.77. The lowest BCUT2D eigenvalue weighted by Crippen LogP contribution is -2.31. The van der Waals surface area contributed by atoms with Crippen LogP contribution in [0.4, 0.5) is 0 Å². The van der Waals surface area contributed by atoms with Crippen molar-refractivity contribution in [1.29, 1.82) is 0 Å². The Hall–Kier alpha value is -1.46. The topological polar surface area (TPSA) is 45.7 Å². The maximum Gasteiger partial charge on any atom is 0.225 e. The molecular weight excluding hydrogens is 290 g/mol. The van der Waals surface area contributed by atoms with Crippen LogP contribution >= 0.6 is 0 Å². The van der Waals surface area contributed by atoms with Crippen molar-refractivity contribution in [3.8, 4) is 0 Å². The molecule has 2 aliphatic rings. The molecule has 0 radical (unpaired) electrons. The second-order valence-electron chi connectivity index (χ2n) is 6.53. The number of nitrogens with zero attached hydrogens (tertiary/aromatic N) is 3. The van der Waals surface area contributed by atoms with Crippen molar-refractivity contribution in [2.75, 3.05) is 33.4 Å². The summed E-state index contributed by atoms with van der Waals surface area (Å²) in [7, 11) is 1.64. The molecule has 0 unspecified atom stereocenters. The molecule has 1 aromatic heterocycles. The number of pyridine rings is 1. The first-order chi connectivity index (χ1) is 11.3. The molecule has 3 rings (SSSR count). The van der Waals surface area contributed by atoms with Crippen LogP contribution in [0.3, 0.4) is 0 Å². The third-order valence-electron chi connectivity index (χ3n) is 4.85. The summed E-state index contributed by atoms with van der Waals surface area (Å²) < 4.78 is 5.04. The van der Waals surface area contributed by atoms with Crippen LogP contribution in [0.15, 0.2) is 18.2 Å². The van der Waals surface area contributed by atoms with Gasteiger partial charge >= 0.3 is 0 Å². The molecular formula is C18H27N3O2. The van der Waals surface area contributed by atoms with Gasteiger partial charge in [0.2, 0.25) is 5.91 Å². The van der Waals surface area contributed by atoms with E-state index < -0.39 is 0 Å². The van der Waals surface area contributed by atoms with Gasteiger partial charge in [-0.1, -0.05) is 6.07 Å². The smallest absolute Gasteiger partial charge is 0.225 e. The van der Waals surface area contributed by atoms with Crippen LogP contribution in [-0.2, 0) is 16.1 Å². The van der Waals surface area contributed by atoms with Crippen LogP contribution in [0, 0.1) is 0 Å². The van der Waals surface area contributed by atoms with E-state index in [2.05, 4.69) is 23.1 Å². The van der Waals surface area contributed by atoms with E-state index in [0.717, 1.165) is 37.3 Å². The Kier molecular flexibility index (Phi) is 5.62. The van der Waals surface area contributed by atoms with Gasteiger partial charge in [-0.25, -0.2) is 0 Å². The van der Waals surface area contributed by atoms with Crippen LogP contribution in [0.25, 0.3) is 0 Å². The summed E-state index contributed by atoms with van der Waals surface area (Å²) in [4.78, 5) is 21.7. The lowest BCUT2D eigenvalue weighted by Gasteiger charge is -2.25. The van der Waals surface area contributed by atoms with Crippen LogP contribution < -0.4 is 0 Å². The van der Waals surface area contributed by atoms with Gasteiger partial charge in [0.25, 0.3) is 0 Å². The third kappa shape index (κ3) is 4.09. The number of methoxy groups -OCH3 is 1. The van der Waals surface area contributed by atoms with E-state index in [0.29, 0.717) is 13.0 Å². The molecule has 1 aromatic rings. The monoisotopic (exact) mass is 317 g/mol. The zero-order valence-corrected chi connectivity index (χ0v) is 14.0. The van der Waals surface area contributed by atoms with Crippen LogP contribution in [0.1, 0.15) is 49.5 Å². The standard InChI is InChI=1S/C18H27N3O2/c1-23-13-9-18(22)21-12-5-8-17(21)16-7-4-6-15(19-16)14-20-10-2-3-11-20/h4,6-7,17H,2-3,5,8-14H2,1H3/t17-/m1/s1. The highest BCUT2D eigenvalue weighted by Gasteiger charge is 2.30. The summed E-state index contributed by atoms with van der Waals surface area (Å²) >= 11 is 0. The fourth-order valence-electron chi connectivity index (χ4n) is 3.65. The first-order valence-electron chi connectivity index (χ1n) is 8.74. The van der Waals surface area contributed by atoms with E-state index >= 15 is 0 Å². The molecule has 23 heavy (non-hydrogen) atoms. The second-order valence-corrected chi connectivity index (χ2v) is 6.53. The largest absolute Gasteiger partial charge is 0.384 e. The molecule has 0 aromatic carbocycles. The Labute approximate surface area is 138 Å². The fraction of sp³-hybridized carbons (Fsp3) is 0.667. The minimum Gasteiger partial charge on any atom is -0.384 e. The average molecular weight is 317 g/mol. The molecule has 0 bridgehead atoms. The molecule has 126 valence electrons. The van der Waals surface area contributed by atoms with Crippen molar-refractivity contribution in [2.45, 2.75) is 44.7 Å². The summed E-state index contributed by atoms with van der Waals surface area (Å²) in [5.74, 6) is 0.182. The predicted octanol–water partition coefficient (Wildman–Crippen LogP) is 2.38. The van der Waals surface area contributed by atoms with E-state index in [1.165, 1.54) is 25.9 Å². The van der Waals surface area contributed by atoms with Gasteiger partial charge in [0.15, 0.2) is 0 Å². The molecule has 0 saturated carbocycles. The number of carbonyl (C=O) groups excluding carboxylic acids is 1. The number of hydrogen-bond donors (Lipinski definition) is 0. The second kappa shape index (κ2) is 7.88. The predicted molar refractivity (Wildman–Crippen MR) is 88.9 cm³/mol. The molecule has 1 amide bonds. The number of amides is 1. The average Bonchev–Trinajstić information content (AvgIpc) is 3.24. The molecule has 1 atom stereocenters. The summed E-state index contributed by atoms with van der Waals surface area (Å²) in [5, 5.41) is 0. The van der Waals surface area contributed by atoms with Gasteiger partial charge in [-0.2, -0.15) is 0 Å². The van der Waals surface area contributed by atoms with Crippen molar-refractivity contribution >= 4 is 5.91 Å². The van der Waals surface area contributed by atoms with Crippen molar-refractivity contribution in [3.05, 3.63) is 29.6 Å². The number of rotatable bonds is 6. The first-order valence-corrected chi connectivity index (χ1v) is 8.74. The van der Waals surface area contributed by atoms with E-state index in [-0.39, 0.29) is 11.9 Å². The number of likely N-dealkylation sites (tertiary alicyclic amines) is 2. The van der Waals surface area contributed by atoms with Crippen LogP contribution in [0.2, 0.25) is 0 Å². The summed E-state index contributed by atoms with van der Waals surface area (Å²) in [5.41, 5.74) is 2.17. The van der Waals surface area contributed by atoms with E-state index in [4.69, 9.17) is 9.72 Å². The number of hydrogen-bond acceptors (Lipinski definition) is 4. The normalized spacial score (nSPS) is 22.0. The Bertz CT molecular complexity index is 529. The van der Waals surface area contributed by atoms with Gasteiger partial charge in [-0.3, -0.25) is 14.7 Å². The van der Waals surface area contributed by atoms with Gasteiger partial charge in [0.1, 0.15) is 0 Å². The van der Waals surface area contributed by atoms with Crippen LogP contribution in [-0.4, -0.2) is 54.0 Å². The van der Waals surface area contributed by atoms with Gasteiger partial charge in [-0.05, 0) is 50.9 Å². The Balaban J connectivity index is 1.68. The highest BCUT2D eigenvalue weighted by Crippen LogP contribution is 2.31. The summed E-state index contributed by atoms with van der Waals surface area (Å²) in [6.45, 7) is 4.61. The lowest BCUT2D eigenvalue weighted by atomic mass is 10.1. The molecule has 0 spiro atoms. The molecule has 5 heteroatoms. The van der Waals surface area contributed by atoms with Gasteiger partial charge in [0.05, 0.1) is 30.5 Å². The quantitative estimate of drug-likeness (QED) is 0.808. The molecule has 0 N–H and O–H groups in total. The zero-order chi connectivity index (χ0) is 16.1. The fourth-order valence-corrected chi connectivity index (χ4v) is 3.65. The maximum atomic E-state index is 12.4. The molecule has 2 fully saturated rings. The molecule has 3 heterocycles. The minimum absolute atomic E-state index is 0.137. The minimum atomic E-state index is 0.137. The lowest BCUT2D eigenvalue weighted by molar-refractivity contribution is -0.133. The van der Waals surface area contributed by atoms with Gasteiger partial charge < -0.3 is 9.64 Å². The summed E-state index contributed by atoms with van der Waals surface area (Å²) in [6.07, 6.45) is 5.12. The van der Waals surface area contributed by atoms with E-state index in [1.807, 2.05) is 4.90 Å². The van der Waals surface area contributed by atoms with E-state index in [1.54, 1.807) is 7.11 Å². The number of carbonyl (C=O) groups is 1.